The second-order valence-electron chi connectivity index (χ2n) is 6.77. The Morgan fingerprint density at radius 1 is 1.19 bits per heavy atom. The van der Waals surface area contributed by atoms with Gasteiger partial charge >= 0.3 is 5.97 Å². The Bertz CT molecular complexity index is 323. The molecule has 2 aliphatic rings. The number of nitrogens with one attached hydrogen (secondary N) is 1. The first-order valence-electron chi connectivity index (χ1n) is 8.76. The molecule has 1 unspecified atom stereocenters. The Morgan fingerprint density at radius 2 is 1.86 bits per heavy atom. The van der Waals surface area contributed by atoms with Gasteiger partial charge in [-0.15, -0.1) is 0 Å². The minimum Gasteiger partial charge on any atom is -0.465 e. The summed E-state index contributed by atoms with van der Waals surface area (Å²) in [6, 6.07) is 1.00. The molecule has 122 valence electrons. The zero-order chi connectivity index (χ0) is 15.2. The maximum Gasteiger partial charge on any atom is 0.324 e. The van der Waals surface area contributed by atoms with E-state index in [9.17, 15) is 4.79 Å². The fraction of sp³-hybridized carbons (Fsp3) is 0.941. The smallest absolute Gasteiger partial charge is 0.324 e. The van der Waals surface area contributed by atoms with Gasteiger partial charge < -0.3 is 15.0 Å². The number of carbonyl (C=O) groups excluding carboxylic acids is 1. The number of likely N-dealkylation sites (N-methyl/N-ethyl adjacent to an activating group) is 1. The molecule has 2 aliphatic carbocycles. The molecule has 0 bridgehead atoms. The van der Waals surface area contributed by atoms with Gasteiger partial charge in [-0.25, -0.2) is 0 Å². The van der Waals surface area contributed by atoms with E-state index in [0.717, 1.165) is 12.5 Å². The van der Waals surface area contributed by atoms with Crippen LogP contribution in [0.4, 0.5) is 0 Å². The summed E-state index contributed by atoms with van der Waals surface area (Å²) >= 11 is 0. The van der Waals surface area contributed by atoms with Gasteiger partial charge in [0.2, 0.25) is 0 Å². The van der Waals surface area contributed by atoms with Crippen LogP contribution in [0.1, 0.15) is 58.8 Å². The van der Waals surface area contributed by atoms with E-state index < -0.39 is 0 Å². The Hall–Kier alpha value is -0.610. The van der Waals surface area contributed by atoms with Gasteiger partial charge in [0, 0.05) is 18.6 Å². The molecule has 0 aromatic heterocycles. The second-order valence-corrected chi connectivity index (χ2v) is 6.77. The predicted molar refractivity (Wildman–Crippen MR) is 85.2 cm³/mol. The van der Waals surface area contributed by atoms with E-state index in [2.05, 4.69) is 24.2 Å². The highest BCUT2D eigenvalue weighted by Gasteiger charge is 2.32. The number of rotatable bonds is 8. The summed E-state index contributed by atoms with van der Waals surface area (Å²) in [5.74, 6) is 0.832. The SMILES string of the molecule is CCOC(=O)C(CN(C)C1CCC(CC)CC1)NC1CC1. The molecular formula is C17H32N2O2. The highest BCUT2D eigenvalue weighted by molar-refractivity contribution is 5.76. The molecule has 0 radical (unpaired) electrons. The van der Waals surface area contributed by atoms with E-state index in [1.165, 1.54) is 44.9 Å². The first-order chi connectivity index (χ1) is 10.1. The van der Waals surface area contributed by atoms with Crippen LogP contribution >= 0.6 is 0 Å². The first kappa shape index (κ1) is 16.8. The van der Waals surface area contributed by atoms with Crippen molar-refractivity contribution < 1.29 is 9.53 Å². The third kappa shape index (κ3) is 5.26. The third-order valence-corrected chi connectivity index (χ3v) is 5.07. The molecule has 4 nitrogen and oxygen atoms in total. The standard InChI is InChI=1S/C17H32N2O2/c1-4-13-6-10-15(11-7-13)19(3)12-16(17(20)21-5-2)18-14-8-9-14/h13-16,18H,4-12H2,1-3H3. The Kier molecular flexibility index (Phi) is 6.49. The lowest BCUT2D eigenvalue weighted by Gasteiger charge is -2.36. The lowest BCUT2D eigenvalue weighted by atomic mass is 9.84. The van der Waals surface area contributed by atoms with Gasteiger partial charge in [-0.2, -0.15) is 0 Å². The molecule has 0 aromatic rings. The van der Waals surface area contributed by atoms with Crippen LogP contribution in [0.2, 0.25) is 0 Å². The minimum absolute atomic E-state index is 0.0847. The second kappa shape index (κ2) is 8.14. The summed E-state index contributed by atoms with van der Waals surface area (Å²) in [7, 11) is 2.16. The van der Waals surface area contributed by atoms with Crippen molar-refractivity contribution in [1.82, 2.24) is 10.2 Å². The van der Waals surface area contributed by atoms with E-state index in [-0.39, 0.29) is 12.0 Å². The van der Waals surface area contributed by atoms with Gasteiger partial charge in [-0.1, -0.05) is 13.3 Å². The molecule has 0 amide bonds. The highest BCUT2D eigenvalue weighted by Crippen LogP contribution is 2.29. The van der Waals surface area contributed by atoms with Crippen LogP contribution in [-0.4, -0.2) is 49.2 Å². The summed E-state index contributed by atoms with van der Waals surface area (Å²) in [4.78, 5) is 14.5. The molecule has 0 saturated heterocycles. The molecule has 2 saturated carbocycles. The Balaban J connectivity index is 1.82. The van der Waals surface area contributed by atoms with Crippen LogP contribution in [-0.2, 0) is 9.53 Å². The molecule has 0 heterocycles. The average Bonchev–Trinajstić information content (AvgIpc) is 3.31. The number of carbonyl (C=O) groups is 1. The maximum absolute atomic E-state index is 12.1. The zero-order valence-corrected chi connectivity index (χ0v) is 13.9. The largest absolute Gasteiger partial charge is 0.465 e. The van der Waals surface area contributed by atoms with Gasteiger partial charge in [-0.05, 0) is 58.4 Å². The van der Waals surface area contributed by atoms with Crippen molar-refractivity contribution in [1.29, 1.82) is 0 Å². The first-order valence-corrected chi connectivity index (χ1v) is 8.76. The van der Waals surface area contributed by atoms with E-state index in [1.807, 2.05) is 6.92 Å². The van der Waals surface area contributed by atoms with Crippen molar-refractivity contribution in [3.63, 3.8) is 0 Å². The van der Waals surface area contributed by atoms with Gasteiger partial charge in [0.1, 0.15) is 6.04 Å². The van der Waals surface area contributed by atoms with E-state index in [4.69, 9.17) is 4.74 Å². The Labute approximate surface area is 129 Å². The van der Waals surface area contributed by atoms with Gasteiger partial charge in [0.05, 0.1) is 6.61 Å². The molecule has 2 rings (SSSR count). The highest BCUT2D eigenvalue weighted by atomic mass is 16.5. The molecule has 0 aliphatic heterocycles. The molecule has 1 atom stereocenters. The van der Waals surface area contributed by atoms with Crippen molar-refractivity contribution in [3.05, 3.63) is 0 Å². The quantitative estimate of drug-likeness (QED) is 0.699. The van der Waals surface area contributed by atoms with Crippen LogP contribution in [0.3, 0.4) is 0 Å². The van der Waals surface area contributed by atoms with Crippen LogP contribution < -0.4 is 5.32 Å². The molecular weight excluding hydrogens is 264 g/mol. The summed E-state index contributed by atoms with van der Waals surface area (Å²) in [5, 5.41) is 3.45. The van der Waals surface area contributed by atoms with Gasteiger partial charge in [0.15, 0.2) is 0 Å². The summed E-state index contributed by atoms with van der Waals surface area (Å²) in [6.45, 7) is 5.41. The van der Waals surface area contributed by atoms with E-state index >= 15 is 0 Å². The summed E-state index contributed by atoms with van der Waals surface area (Å²) < 4.78 is 5.23. The van der Waals surface area contributed by atoms with Crippen molar-refractivity contribution in [2.24, 2.45) is 5.92 Å². The predicted octanol–water partition coefficient (Wildman–Crippen LogP) is 2.57. The molecule has 4 heteroatoms. The van der Waals surface area contributed by atoms with Gasteiger partial charge in [0.25, 0.3) is 0 Å². The fourth-order valence-electron chi connectivity index (χ4n) is 3.40. The number of nitrogens with zero attached hydrogens (tertiary/aromatic N) is 1. The number of ether oxygens (including phenoxy) is 1. The summed E-state index contributed by atoms with van der Waals surface area (Å²) in [5.41, 5.74) is 0. The van der Waals surface area contributed by atoms with E-state index in [1.54, 1.807) is 0 Å². The normalized spacial score (nSPS) is 27.6. The molecule has 0 aromatic carbocycles. The van der Waals surface area contributed by atoms with E-state index in [0.29, 0.717) is 18.7 Å². The third-order valence-electron chi connectivity index (χ3n) is 5.07. The molecule has 1 N–H and O–H groups in total. The van der Waals surface area contributed by atoms with Crippen molar-refractivity contribution in [2.75, 3.05) is 20.2 Å². The molecule has 0 spiro atoms. The monoisotopic (exact) mass is 296 g/mol. The topological polar surface area (TPSA) is 41.6 Å². The van der Waals surface area contributed by atoms with Crippen molar-refractivity contribution in [2.45, 2.75) is 76.9 Å². The van der Waals surface area contributed by atoms with Crippen molar-refractivity contribution >= 4 is 5.97 Å². The molecule has 2 fully saturated rings. The zero-order valence-electron chi connectivity index (χ0n) is 13.9. The number of hydrogen-bond donors (Lipinski definition) is 1. The van der Waals surface area contributed by atoms with Crippen molar-refractivity contribution in [3.8, 4) is 0 Å². The average molecular weight is 296 g/mol. The summed E-state index contributed by atoms with van der Waals surface area (Å²) in [6.07, 6.45) is 8.92. The fourth-order valence-corrected chi connectivity index (χ4v) is 3.40. The maximum atomic E-state index is 12.1. The van der Waals surface area contributed by atoms with Crippen LogP contribution in [0.5, 0.6) is 0 Å². The Morgan fingerprint density at radius 3 is 2.38 bits per heavy atom. The number of esters is 1. The van der Waals surface area contributed by atoms with Crippen LogP contribution in [0.15, 0.2) is 0 Å². The lowest BCUT2D eigenvalue weighted by molar-refractivity contribution is -0.146. The van der Waals surface area contributed by atoms with Gasteiger partial charge in [-0.3, -0.25) is 4.79 Å². The lowest BCUT2D eigenvalue weighted by Crippen LogP contribution is -2.49. The number of hydrogen-bond acceptors (Lipinski definition) is 4. The minimum atomic E-state index is -0.161. The van der Waals surface area contributed by atoms with Crippen LogP contribution in [0.25, 0.3) is 0 Å². The van der Waals surface area contributed by atoms with Crippen LogP contribution in [0, 0.1) is 5.92 Å². The molecule has 21 heavy (non-hydrogen) atoms.